The monoisotopic (exact) mass is 468 g/mol. The number of aliphatic hydroxyl groups excluding tert-OH is 1. The number of carbonyl (C=O) groups excluding carboxylic acids is 1. The van der Waals surface area contributed by atoms with E-state index in [0.717, 1.165) is 38.5 Å². The van der Waals surface area contributed by atoms with Crippen molar-refractivity contribution in [3.63, 3.8) is 0 Å². The first-order valence-corrected chi connectivity index (χ1v) is 13.4. The van der Waals surface area contributed by atoms with E-state index in [9.17, 15) is 15.0 Å². The van der Waals surface area contributed by atoms with Gasteiger partial charge in [0, 0.05) is 17.4 Å². The molecule has 2 N–H and O–H groups in total. The molecule has 8 atom stereocenters. The minimum atomic E-state index is -1.49. The van der Waals surface area contributed by atoms with E-state index in [1.165, 1.54) is 5.57 Å². The number of hydrogen-bond acceptors (Lipinski definition) is 4. The van der Waals surface area contributed by atoms with Crippen molar-refractivity contribution in [2.45, 2.75) is 105 Å². The third-order valence-corrected chi connectivity index (χ3v) is 11.5. The highest BCUT2D eigenvalue weighted by atomic mass is 16.7. The van der Waals surface area contributed by atoms with Crippen LogP contribution in [-0.2, 0) is 9.53 Å². The molecule has 0 saturated heterocycles. The summed E-state index contributed by atoms with van der Waals surface area (Å²) >= 11 is 0. The Labute approximate surface area is 205 Å². The summed E-state index contributed by atoms with van der Waals surface area (Å²) in [4.78, 5) is 11.9. The van der Waals surface area contributed by atoms with Crippen LogP contribution >= 0.6 is 0 Å². The van der Waals surface area contributed by atoms with Gasteiger partial charge in [-0.05, 0) is 85.5 Å². The smallest absolute Gasteiger partial charge is 0.336 e. The van der Waals surface area contributed by atoms with Gasteiger partial charge in [0.15, 0.2) is 0 Å². The topological polar surface area (TPSA) is 66.8 Å². The van der Waals surface area contributed by atoms with Crippen LogP contribution in [0.25, 0.3) is 0 Å². The Morgan fingerprint density at radius 2 is 1.79 bits per heavy atom. The van der Waals surface area contributed by atoms with Crippen LogP contribution in [0.4, 0.5) is 0 Å². The second-order valence-corrected chi connectivity index (χ2v) is 13.7. The predicted octanol–water partition coefficient (Wildman–Crippen LogP) is 6.09. The fourth-order valence-corrected chi connectivity index (χ4v) is 9.16. The molecule has 0 radical (unpaired) electrons. The van der Waals surface area contributed by atoms with Gasteiger partial charge in [-0.2, -0.15) is 0 Å². The number of esters is 1. The summed E-state index contributed by atoms with van der Waals surface area (Å²) in [7, 11) is 0. The molecule has 0 aromatic heterocycles. The van der Waals surface area contributed by atoms with Gasteiger partial charge in [-0.1, -0.05) is 64.8 Å². The van der Waals surface area contributed by atoms with Crippen LogP contribution in [-0.4, -0.2) is 28.1 Å². The van der Waals surface area contributed by atoms with E-state index >= 15 is 0 Å². The summed E-state index contributed by atoms with van der Waals surface area (Å²) in [5.41, 5.74) is 3.84. The van der Waals surface area contributed by atoms with E-state index in [2.05, 4.69) is 53.7 Å². The molecular weight excluding hydrogens is 424 g/mol. The van der Waals surface area contributed by atoms with E-state index in [4.69, 9.17) is 4.74 Å². The lowest BCUT2D eigenvalue weighted by Crippen LogP contribution is -2.55. The molecule has 5 rings (SSSR count). The Balaban J connectivity index is 1.46. The van der Waals surface area contributed by atoms with E-state index in [1.54, 1.807) is 18.6 Å². The van der Waals surface area contributed by atoms with Gasteiger partial charge in [0.1, 0.15) is 0 Å². The molecule has 0 unspecified atom stereocenters. The van der Waals surface area contributed by atoms with E-state index in [-0.39, 0.29) is 33.7 Å². The second kappa shape index (κ2) is 7.32. The number of ether oxygens (including phenoxy) is 1. The Morgan fingerprint density at radius 1 is 1.09 bits per heavy atom. The van der Waals surface area contributed by atoms with Crippen LogP contribution < -0.4 is 0 Å². The van der Waals surface area contributed by atoms with Gasteiger partial charge < -0.3 is 14.9 Å². The first kappa shape index (κ1) is 24.3. The number of cyclic esters (lactones) is 1. The molecule has 1 aliphatic heterocycles. The van der Waals surface area contributed by atoms with Crippen molar-refractivity contribution in [3.05, 3.63) is 34.9 Å². The SMILES string of the molecule is CC1=C[C@@](O)(C[C@@H](C)[C@]2(C)CC[C@@]3(C)C4=CC[C@H]5C(C)(C)[C@H](O)CC[C@]5(C)[C@@H]4CC=C32)OC1=O. The number of hydrogen-bond donors (Lipinski definition) is 2. The minimum absolute atomic E-state index is 0.0349. The Kier molecular flexibility index (Phi) is 5.23. The summed E-state index contributed by atoms with van der Waals surface area (Å²) in [6.07, 6.45) is 13.2. The number of rotatable bonds is 3. The van der Waals surface area contributed by atoms with Crippen LogP contribution in [0.2, 0.25) is 0 Å². The molecule has 5 aliphatic rings. The Morgan fingerprint density at radius 3 is 2.44 bits per heavy atom. The molecular formula is C30H44O4. The molecule has 34 heavy (non-hydrogen) atoms. The molecule has 0 aromatic rings. The molecule has 188 valence electrons. The highest BCUT2D eigenvalue weighted by Gasteiger charge is 2.61. The van der Waals surface area contributed by atoms with Crippen molar-refractivity contribution in [3.8, 4) is 0 Å². The largest absolute Gasteiger partial charge is 0.426 e. The third kappa shape index (κ3) is 3.13. The average Bonchev–Trinajstić information content (AvgIpc) is 3.17. The standard InChI is InChI=1S/C30H44O4/c1-18-16-30(33,34-25(18)32)17-19(2)27(5)14-15-29(7)21-8-10-22-26(3,4)24(31)12-13-28(22,6)20(21)9-11-23(27)29/h8,11,16,19-20,22,24,31,33H,9-10,12-15,17H2,1-7H3/t19-,20-,22+,24-,27+,28-,29+,30+/m1/s1. The minimum Gasteiger partial charge on any atom is -0.426 e. The molecule has 4 aliphatic carbocycles. The maximum atomic E-state index is 11.9. The second-order valence-electron chi connectivity index (χ2n) is 13.7. The lowest BCUT2D eigenvalue weighted by atomic mass is 9.44. The van der Waals surface area contributed by atoms with E-state index in [0.29, 0.717) is 23.8 Å². The average molecular weight is 469 g/mol. The predicted molar refractivity (Wildman–Crippen MR) is 134 cm³/mol. The number of aliphatic hydroxyl groups is 2. The molecule has 0 spiro atoms. The highest BCUT2D eigenvalue weighted by Crippen LogP contribution is 2.70. The van der Waals surface area contributed by atoms with E-state index < -0.39 is 11.8 Å². The van der Waals surface area contributed by atoms with Crippen molar-refractivity contribution >= 4 is 5.97 Å². The first-order chi connectivity index (χ1) is 15.7. The van der Waals surface area contributed by atoms with Crippen LogP contribution in [0, 0.1) is 39.4 Å². The molecule has 4 heteroatoms. The molecule has 1 heterocycles. The van der Waals surface area contributed by atoms with Crippen LogP contribution in [0.3, 0.4) is 0 Å². The fraction of sp³-hybridized carbons (Fsp3) is 0.767. The van der Waals surface area contributed by atoms with Crippen molar-refractivity contribution in [2.24, 2.45) is 39.4 Å². The molecule has 0 bridgehead atoms. The molecule has 4 nitrogen and oxygen atoms in total. The number of fused-ring (bicyclic) bond motifs is 5. The van der Waals surface area contributed by atoms with Gasteiger partial charge in [0.2, 0.25) is 5.79 Å². The normalized spacial score (nSPS) is 48.1. The number of allylic oxidation sites excluding steroid dienone is 4. The van der Waals surface area contributed by atoms with Gasteiger partial charge >= 0.3 is 5.97 Å². The Hall–Kier alpha value is -1.39. The van der Waals surface area contributed by atoms with Crippen LogP contribution in [0.15, 0.2) is 34.9 Å². The zero-order valence-corrected chi connectivity index (χ0v) is 22.2. The maximum absolute atomic E-state index is 11.9. The molecule has 0 aromatic carbocycles. The van der Waals surface area contributed by atoms with Crippen molar-refractivity contribution in [1.29, 1.82) is 0 Å². The highest BCUT2D eigenvalue weighted by molar-refractivity contribution is 5.90. The summed E-state index contributed by atoms with van der Waals surface area (Å²) < 4.78 is 5.36. The fourth-order valence-electron chi connectivity index (χ4n) is 9.16. The lowest BCUT2D eigenvalue weighted by Gasteiger charge is -2.61. The quantitative estimate of drug-likeness (QED) is 0.388. The van der Waals surface area contributed by atoms with Gasteiger partial charge in [0.05, 0.1) is 6.10 Å². The maximum Gasteiger partial charge on any atom is 0.336 e. The molecule has 2 saturated carbocycles. The third-order valence-electron chi connectivity index (χ3n) is 11.5. The lowest BCUT2D eigenvalue weighted by molar-refractivity contribution is -0.185. The zero-order valence-electron chi connectivity index (χ0n) is 22.2. The van der Waals surface area contributed by atoms with Crippen molar-refractivity contribution in [2.75, 3.05) is 0 Å². The van der Waals surface area contributed by atoms with Crippen molar-refractivity contribution < 1.29 is 19.7 Å². The van der Waals surface area contributed by atoms with E-state index in [1.807, 2.05) is 0 Å². The van der Waals surface area contributed by atoms with Gasteiger partial charge in [-0.15, -0.1) is 0 Å². The molecule has 0 amide bonds. The van der Waals surface area contributed by atoms with Gasteiger partial charge in [-0.25, -0.2) is 4.79 Å². The van der Waals surface area contributed by atoms with Crippen LogP contribution in [0.1, 0.15) is 93.4 Å². The summed E-state index contributed by atoms with van der Waals surface area (Å²) in [5.74, 6) is -0.682. The summed E-state index contributed by atoms with van der Waals surface area (Å²) in [5, 5.41) is 21.8. The van der Waals surface area contributed by atoms with Crippen LogP contribution in [0.5, 0.6) is 0 Å². The zero-order chi connectivity index (χ0) is 24.9. The Bertz CT molecular complexity index is 1000. The molecule has 2 fully saturated rings. The van der Waals surface area contributed by atoms with Gasteiger partial charge in [0.25, 0.3) is 0 Å². The summed E-state index contributed by atoms with van der Waals surface area (Å²) in [6, 6.07) is 0. The first-order valence-electron chi connectivity index (χ1n) is 13.4. The summed E-state index contributed by atoms with van der Waals surface area (Å²) in [6.45, 7) is 15.8. The van der Waals surface area contributed by atoms with Crippen molar-refractivity contribution in [1.82, 2.24) is 0 Å². The van der Waals surface area contributed by atoms with Gasteiger partial charge in [-0.3, -0.25) is 0 Å². The number of carbonyl (C=O) groups is 1.